The zero-order chi connectivity index (χ0) is 20.4. The third-order valence-corrected chi connectivity index (χ3v) is 7.91. The Balaban J connectivity index is 1.23. The summed E-state index contributed by atoms with van der Waals surface area (Å²) >= 11 is 0. The molecule has 3 N–H and O–H groups in total. The molecule has 2 aliphatic heterocycles. The smallest absolute Gasteiger partial charge is 0.151 e. The number of rotatable bonds is 3. The monoisotopic (exact) mass is 412 g/mol. The molecule has 31 heavy (non-hydrogen) atoms. The average Bonchev–Trinajstić information content (AvgIpc) is 3.60. The van der Waals surface area contributed by atoms with Crippen LogP contribution in [0.4, 0.5) is 5.82 Å². The van der Waals surface area contributed by atoms with Crippen molar-refractivity contribution in [2.45, 2.75) is 37.8 Å². The molecule has 3 fully saturated rings. The lowest BCUT2D eigenvalue weighted by molar-refractivity contribution is 0.284. The van der Waals surface area contributed by atoms with Gasteiger partial charge in [-0.1, -0.05) is 6.07 Å². The SMILES string of the molecule is c1n[nH]cc1-c1ccc(-c2ccc(N3CCC45CCNC4CCC35)nn2)c2[nH]ncc12. The van der Waals surface area contributed by atoms with E-state index in [4.69, 9.17) is 0 Å². The molecule has 1 aliphatic carbocycles. The molecule has 1 spiro atoms. The van der Waals surface area contributed by atoms with Gasteiger partial charge in [-0.2, -0.15) is 10.2 Å². The fraction of sp³-hybridized carbons (Fsp3) is 0.391. The van der Waals surface area contributed by atoms with E-state index in [1.54, 1.807) is 0 Å². The molecule has 2 saturated heterocycles. The summed E-state index contributed by atoms with van der Waals surface area (Å²) in [6, 6.07) is 9.72. The molecule has 8 heteroatoms. The van der Waals surface area contributed by atoms with Crippen LogP contribution < -0.4 is 10.2 Å². The molecule has 8 nitrogen and oxygen atoms in total. The molecular formula is C23H24N8. The first kappa shape index (κ1) is 17.4. The topological polar surface area (TPSA) is 98.4 Å². The summed E-state index contributed by atoms with van der Waals surface area (Å²) in [6.07, 6.45) is 10.7. The number of nitrogens with zero attached hydrogens (tertiary/aromatic N) is 5. The predicted molar refractivity (Wildman–Crippen MR) is 119 cm³/mol. The molecule has 3 aliphatic rings. The highest BCUT2D eigenvalue weighted by atomic mass is 15.3. The van der Waals surface area contributed by atoms with Crippen LogP contribution in [0.1, 0.15) is 25.7 Å². The fourth-order valence-corrected chi connectivity index (χ4v) is 6.47. The molecule has 1 aromatic carbocycles. The van der Waals surface area contributed by atoms with E-state index in [0.29, 0.717) is 17.5 Å². The van der Waals surface area contributed by atoms with E-state index in [1.165, 1.54) is 25.7 Å². The van der Waals surface area contributed by atoms with Crippen molar-refractivity contribution in [2.75, 3.05) is 18.0 Å². The Kier molecular flexibility index (Phi) is 3.58. The lowest BCUT2D eigenvalue weighted by Gasteiger charge is -2.32. The van der Waals surface area contributed by atoms with Gasteiger partial charge in [0.15, 0.2) is 5.82 Å². The maximum atomic E-state index is 4.68. The zero-order valence-corrected chi connectivity index (χ0v) is 17.2. The molecule has 5 heterocycles. The molecule has 0 radical (unpaired) electrons. The lowest BCUT2D eigenvalue weighted by atomic mass is 9.79. The maximum Gasteiger partial charge on any atom is 0.151 e. The van der Waals surface area contributed by atoms with E-state index in [1.807, 2.05) is 18.6 Å². The van der Waals surface area contributed by atoms with Gasteiger partial charge in [-0.25, -0.2) is 0 Å². The zero-order valence-electron chi connectivity index (χ0n) is 17.2. The van der Waals surface area contributed by atoms with Crippen LogP contribution in [-0.2, 0) is 0 Å². The minimum Gasteiger partial charge on any atom is -0.352 e. The van der Waals surface area contributed by atoms with E-state index in [-0.39, 0.29) is 0 Å². The molecule has 3 atom stereocenters. The number of hydrogen-bond donors (Lipinski definition) is 3. The van der Waals surface area contributed by atoms with Crippen molar-refractivity contribution in [3.8, 4) is 22.4 Å². The molecule has 0 bridgehead atoms. The van der Waals surface area contributed by atoms with Crippen LogP contribution in [0, 0.1) is 5.41 Å². The first-order valence-electron chi connectivity index (χ1n) is 11.1. The number of nitrogens with one attached hydrogen (secondary N) is 3. The normalized spacial score (nSPS) is 27.2. The Hall–Kier alpha value is -3.26. The highest BCUT2D eigenvalue weighted by Gasteiger charge is 2.58. The van der Waals surface area contributed by atoms with Gasteiger partial charge in [-0.15, -0.1) is 10.2 Å². The first-order chi connectivity index (χ1) is 15.3. The third kappa shape index (κ3) is 2.39. The number of aromatic nitrogens is 6. The Morgan fingerprint density at radius 3 is 2.81 bits per heavy atom. The number of fused-ring (bicyclic) bond motifs is 1. The van der Waals surface area contributed by atoms with Gasteiger partial charge in [0.25, 0.3) is 0 Å². The van der Waals surface area contributed by atoms with Crippen LogP contribution in [-0.4, -0.2) is 55.8 Å². The van der Waals surface area contributed by atoms with Gasteiger partial charge in [-0.05, 0) is 56.0 Å². The van der Waals surface area contributed by atoms with E-state index >= 15 is 0 Å². The van der Waals surface area contributed by atoms with Crippen molar-refractivity contribution in [3.63, 3.8) is 0 Å². The minimum atomic E-state index is 0.450. The van der Waals surface area contributed by atoms with Crippen LogP contribution in [0.2, 0.25) is 0 Å². The van der Waals surface area contributed by atoms with E-state index in [0.717, 1.165) is 52.2 Å². The number of hydrogen-bond acceptors (Lipinski definition) is 6. The fourth-order valence-electron chi connectivity index (χ4n) is 6.47. The molecule has 1 saturated carbocycles. The van der Waals surface area contributed by atoms with Crippen molar-refractivity contribution in [1.82, 2.24) is 35.9 Å². The van der Waals surface area contributed by atoms with Gasteiger partial charge in [-0.3, -0.25) is 10.2 Å². The maximum absolute atomic E-state index is 4.68. The largest absolute Gasteiger partial charge is 0.352 e. The van der Waals surface area contributed by atoms with E-state index in [9.17, 15) is 0 Å². The van der Waals surface area contributed by atoms with E-state index < -0.39 is 0 Å². The number of benzene rings is 1. The highest BCUT2D eigenvalue weighted by molar-refractivity contribution is 6.01. The summed E-state index contributed by atoms with van der Waals surface area (Å²) in [7, 11) is 0. The summed E-state index contributed by atoms with van der Waals surface area (Å²) < 4.78 is 0. The van der Waals surface area contributed by atoms with Crippen LogP contribution in [0.15, 0.2) is 42.9 Å². The second kappa shape index (κ2) is 6.37. The predicted octanol–water partition coefficient (Wildman–Crippen LogP) is 3.13. The Morgan fingerprint density at radius 2 is 1.94 bits per heavy atom. The molecule has 156 valence electrons. The van der Waals surface area contributed by atoms with Crippen molar-refractivity contribution >= 4 is 16.7 Å². The average molecular weight is 413 g/mol. The van der Waals surface area contributed by atoms with Crippen LogP contribution in [0.5, 0.6) is 0 Å². The summed E-state index contributed by atoms with van der Waals surface area (Å²) in [5.74, 6) is 1.01. The summed E-state index contributed by atoms with van der Waals surface area (Å²) in [5.41, 5.74) is 5.42. The number of anilines is 1. The molecule has 7 rings (SSSR count). The summed E-state index contributed by atoms with van der Waals surface area (Å²) in [5, 5.41) is 28.5. The summed E-state index contributed by atoms with van der Waals surface area (Å²) in [4.78, 5) is 2.51. The summed E-state index contributed by atoms with van der Waals surface area (Å²) in [6.45, 7) is 2.25. The first-order valence-corrected chi connectivity index (χ1v) is 11.1. The minimum absolute atomic E-state index is 0.450. The van der Waals surface area contributed by atoms with Crippen molar-refractivity contribution < 1.29 is 0 Å². The van der Waals surface area contributed by atoms with Gasteiger partial charge < -0.3 is 10.2 Å². The van der Waals surface area contributed by atoms with Gasteiger partial charge >= 0.3 is 0 Å². The Morgan fingerprint density at radius 1 is 0.968 bits per heavy atom. The molecule has 3 aromatic heterocycles. The molecule has 0 amide bonds. The lowest BCUT2D eigenvalue weighted by Crippen LogP contribution is -2.39. The second-order valence-electron chi connectivity index (χ2n) is 9.11. The van der Waals surface area contributed by atoms with Crippen molar-refractivity contribution in [2.24, 2.45) is 5.41 Å². The Labute approximate surface area is 179 Å². The molecule has 3 unspecified atom stereocenters. The van der Waals surface area contributed by atoms with Crippen LogP contribution >= 0.6 is 0 Å². The van der Waals surface area contributed by atoms with Gasteiger partial charge in [0.2, 0.25) is 0 Å². The third-order valence-electron chi connectivity index (χ3n) is 7.91. The van der Waals surface area contributed by atoms with Crippen LogP contribution in [0.25, 0.3) is 33.3 Å². The van der Waals surface area contributed by atoms with Crippen molar-refractivity contribution in [1.29, 1.82) is 0 Å². The number of H-pyrrole nitrogens is 2. The number of aromatic amines is 2. The standard InChI is InChI=1S/C23H24N8/c1-2-16(22-17(13-27-30-22)15(1)14-11-25-26-12-14)18-3-6-21(29-28-18)31-10-8-23-7-9-24-19(23)4-5-20(23)31/h1-3,6,11-13,19-20,24H,4-5,7-10H2,(H,25,26)(H,27,30). The van der Waals surface area contributed by atoms with Gasteiger partial charge in [0.05, 0.1) is 23.6 Å². The quantitative estimate of drug-likeness (QED) is 0.478. The van der Waals surface area contributed by atoms with Crippen molar-refractivity contribution in [3.05, 3.63) is 42.9 Å². The van der Waals surface area contributed by atoms with Crippen LogP contribution in [0.3, 0.4) is 0 Å². The van der Waals surface area contributed by atoms with Gasteiger partial charge in [0.1, 0.15) is 0 Å². The molecule has 4 aromatic rings. The molecular weight excluding hydrogens is 388 g/mol. The van der Waals surface area contributed by atoms with Gasteiger partial charge in [0, 0.05) is 46.8 Å². The van der Waals surface area contributed by atoms with E-state index in [2.05, 4.69) is 65.1 Å². The Bertz CT molecular complexity index is 1240. The second-order valence-corrected chi connectivity index (χ2v) is 9.11. The highest BCUT2D eigenvalue weighted by Crippen LogP contribution is 2.54.